The molecule has 0 saturated heterocycles. The summed E-state index contributed by atoms with van der Waals surface area (Å²) in [5.74, 6) is -0.453. The zero-order chi connectivity index (χ0) is 13.3. The Morgan fingerprint density at radius 1 is 1.33 bits per heavy atom. The molecular weight excluding hydrogens is 232 g/mol. The summed E-state index contributed by atoms with van der Waals surface area (Å²) >= 11 is 0. The molecule has 0 radical (unpaired) electrons. The molecule has 2 aromatic rings. The quantitative estimate of drug-likeness (QED) is 0.781. The predicted octanol–water partition coefficient (Wildman–Crippen LogP) is 1.30. The third kappa shape index (κ3) is 2.65. The van der Waals surface area contributed by atoms with Gasteiger partial charge in [0.25, 0.3) is 0 Å². The average molecular weight is 248 g/mol. The molecule has 0 bridgehead atoms. The molecule has 0 fully saturated rings. The van der Waals surface area contributed by atoms with Crippen LogP contribution in [0.2, 0.25) is 0 Å². The number of H-pyrrole nitrogens is 1. The first-order valence-electron chi connectivity index (χ1n) is 5.66. The molecule has 0 amide bonds. The number of carbonyl (C=O) groups is 1. The number of fused-ring (bicyclic) bond motifs is 1. The van der Waals surface area contributed by atoms with E-state index in [2.05, 4.69) is 15.4 Å². The predicted molar refractivity (Wildman–Crippen MR) is 66.7 cm³/mol. The fraction of sp³-hybridized carbons (Fsp3) is 0.417. The molecule has 2 rings (SSSR count). The van der Waals surface area contributed by atoms with E-state index in [9.17, 15) is 4.79 Å². The molecule has 6 nitrogen and oxygen atoms in total. The van der Waals surface area contributed by atoms with Gasteiger partial charge in [-0.15, -0.1) is 0 Å². The van der Waals surface area contributed by atoms with Gasteiger partial charge in [-0.3, -0.25) is 0 Å². The number of carbonyl (C=O) groups excluding carboxylic acids is 1. The van der Waals surface area contributed by atoms with Gasteiger partial charge in [0.1, 0.15) is 22.7 Å². The highest BCUT2D eigenvalue weighted by Crippen LogP contribution is 2.19. The second-order valence-corrected chi connectivity index (χ2v) is 5.08. The number of hydrogen-bond donors (Lipinski definition) is 2. The lowest BCUT2D eigenvalue weighted by atomic mass is 10.1. The summed E-state index contributed by atoms with van der Waals surface area (Å²) in [4.78, 5) is 11.8. The number of esters is 1. The van der Waals surface area contributed by atoms with Gasteiger partial charge in [-0.25, -0.2) is 4.79 Å². The Morgan fingerprint density at radius 3 is 2.67 bits per heavy atom. The maximum Gasteiger partial charge on any atom is 0.328 e. The van der Waals surface area contributed by atoms with Crippen LogP contribution in [0.1, 0.15) is 32.4 Å². The van der Waals surface area contributed by atoms with Crippen LogP contribution in [0, 0.1) is 0 Å². The van der Waals surface area contributed by atoms with Crippen molar-refractivity contribution < 1.29 is 9.53 Å². The molecule has 1 aromatic carbocycles. The van der Waals surface area contributed by atoms with Crippen molar-refractivity contribution in [1.29, 1.82) is 0 Å². The van der Waals surface area contributed by atoms with Crippen LogP contribution in [0.3, 0.4) is 0 Å². The van der Waals surface area contributed by atoms with E-state index in [1.165, 1.54) is 0 Å². The van der Waals surface area contributed by atoms with E-state index in [-0.39, 0.29) is 0 Å². The summed E-state index contributed by atoms with van der Waals surface area (Å²) in [5, 5.41) is 10.4. The summed E-state index contributed by atoms with van der Waals surface area (Å²) < 4.78 is 5.24. The van der Waals surface area contributed by atoms with Gasteiger partial charge in [0.15, 0.2) is 0 Å². The molecule has 6 heteroatoms. The molecule has 1 unspecified atom stereocenters. The van der Waals surface area contributed by atoms with Crippen molar-refractivity contribution >= 4 is 17.0 Å². The first kappa shape index (κ1) is 12.5. The Labute approximate surface area is 105 Å². The fourth-order valence-electron chi connectivity index (χ4n) is 1.55. The topological polar surface area (TPSA) is 93.9 Å². The van der Waals surface area contributed by atoms with Crippen molar-refractivity contribution in [2.24, 2.45) is 5.73 Å². The lowest BCUT2D eigenvalue weighted by Crippen LogP contribution is -2.31. The van der Waals surface area contributed by atoms with Crippen LogP contribution in [0.15, 0.2) is 18.2 Å². The molecule has 1 heterocycles. The Kier molecular flexibility index (Phi) is 3.04. The van der Waals surface area contributed by atoms with E-state index >= 15 is 0 Å². The third-order valence-electron chi connectivity index (χ3n) is 2.36. The van der Waals surface area contributed by atoms with E-state index in [1.54, 1.807) is 39.0 Å². The van der Waals surface area contributed by atoms with Crippen LogP contribution in [0.5, 0.6) is 0 Å². The van der Waals surface area contributed by atoms with E-state index in [4.69, 9.17) is 10.5 Å². The number of rotatable bonds is 2. The Bertz CT molecular complexity index is 571. The number of benzene rings is 1. The van der Waals surface area contributed by atoms with E-state index in [0.29, 0.717) is 11.1 Å². The van der Waals surface area contributed by atoms with Crippen molar-refractivity contribution in [3.05, 3.63) is 23.8 Å². The number of nitrogens with zero attached hydrogens (tertiary/aromatic N) is 2. The monoisotopic (exact) mass is 248 g/mol. The average Bonchev–Trinajstić information content (AvgIpc) is 2.72. The van der Waals surface area contributed by atoms with Crippen molar-refractivity contribution in [2.45, 2.75) is 32.4 Å². The van der Waals surface area contributed by atoms with Crippen molar-refractivity contribution in [2.75, 3.05) is 0 Å². The second-order valence-electron chi connectivity index (χ2n) is 5.08. The van der Waals surface area contributed by atoms with Crippen LogP contribution >= 0.6 is 0 Å². The molecule has 0 aliphatic carbocycles. The summed E-state index contributed by atoms with van der Waals surface area (Å²) in [5.41, 5.74) is 7.39. The van der Waals surface area contributed by atoms with Gasteiger partial charge >= 0.3 is 5.97 Å². The molecular formula is C12H16N4O2. The van der Waals surface area contributed by atoms with Gasteiger partial charge in [0.2, 0.25) is 0 Å². The number of nitrogens with two attached hydrogens (primary N) is 1. The van der Waals surface area contributed by atoms with Crippen LogP contribution in [0.4, 0.5) is 0 Å². The highest BCUT2D eigenvalue weighted by Gasteiger charge is 2.23. The maximum absolute atomic E-state index is 11.8. The minimum absolute atomic E-state index is 0.453. The van der Waals surface area contributed by atoms with Gasteiger partial charge in [0.05, 0.1) is 0 Å². The van der Waals surface area contributed by atoms with Crippen LogP contribution < -0.4 is 5.73 Å². The highest BCUT2D eigenvalue weighted by molar-refractivity contribution is 5.81. The van der Waals surface area contributed by atoms with Crippen LogP contribution in [-0.4, -0.2) is 27.0 Å². The molecule has 1 aromatic heterocycles. The molecule has 0 aliphatic rings. The number of nitrogens with one attached hydrogen (secondary N) is 1. The van der Waals surface area contributed by atoms with E-state index < -0.39 is 17.6 Å². The SMILES string of the molecule is CC(C)(C)OC(=O)C(N)c1ccc2n[nH]nc2c1. The standard InChI is InChI=1S/C12H16N4O2/c1-12(2,3)18-11(17)10(13)7-4-5-8-9(6-7)15-16-14-8/h4-6,10H,13H2,1-3H3,(H,14,15,16). The van der Waals surface area contributed by atoms with Crippen molar-refractivity contribution in [3.63, 3.8) is 0 Å². The smallest absolute Gasteiger partial charge is 0.328 e. The highest BCUT2D eigenvalue weighted by atomic mass is 16.6. The minimum Gasteiger partial charge on any atom is -0.459 e. The summed E-state index contributed by atoms with van der Waals surface area (Å²) in [6, 6.07) is 4.43. The molecule has 18 heavy (non-hydrogen) atoms. The fourth-order valence-corrected chi connectivity index (χ4v) is 1.55. The molecule has 0 saturated carbocycles. The van der Waals surface area contributed by atoms with E-state index in [1.807, 2.05) is 0 Å². The normalized spacial score (nSPS) is 13.6. The Morgan fingerprint density at radius 2 is 2.00 bits per heavy atom. The summed E-state index contributed by atoms with van der Waals surface area (Å²) in [6.07, 6.45) is 0. The second kappa shape index (κ2) is 4.38. The van der Waals surface area contributed by atoms with Crippen LogP contribution in [0.25, 0.3) is 11.0 Å². The van der Waals surface area contributed by atoms with Gasteiger partial charge in [-0.1, -0.05) is 6.07 Å². The van der Waals surface area contributed by atoms with Gasteiger partial charge in [-0.2, -0.15) is 15.4 Å². The lowest BCUT2D eigenvalue weighted by molar-refractivity contribution is -0.156. The minimum atomic E-state index is -0.815. The summed E-state index contributed by atoms with van der Waals surface area (Å²) in [7, 11) is 0. The molecule has 96 valence electrons. The Balaban J connectivity index is 2.22. The van der Waals surface area contributed by atoms with E-state index in [0.717, 1.165) is 5.52 Å². The lowest BCUT2D eigenvalue weighted by Gasteiger charge is -2.22. The van der Waals surface area contributed by atoms with Crippen molar-refractivity contribution in [1.82, 2.24) is 15.4 Å². The molecule has 0 aliphatic heterocycles. The van der Waals surface area contributed by atoms with Gasteiger partial charge < -0.3 is 10.5 Å². The van der Waals surface area contributed by atoms with Crippen LogP contribution in [-0.2, 0) is 9.53 Å². The molecule has 3 N–H and O–H groups in total. The zero-order valence-corrected chi connectivity index (χ0v) is 10.6. The maximum atomic E-state index is 11.8. The number of aromatic nitrogens is 3. The largest absolute Gasteiger partial charge is 0.459 e. The van der Waals surface area contributed by atoms with Gasteiger partial charge in [-0.05, 0) is 38.5 Å². The van der Waals surface area contributed by atoms with Gasteiger partial charge in [0, 0.05) is 0 Å². The zero-order valence-electron chi connectivity index (χ0n) is 10.6. The first-order valence-corrected chi connectivity index (χ1v) is 5.66. The molecule has 1 atom stereocenters. The number of aromatic amines is 1. The first-order chi connectivity index (χ1) is 8.37. The summed E-state index contributed by atoms with van der Waals surface area (Å²) in [6.45, 7) is 5.41. The number of ether oxygens (including phenoxy) is 1. The third-order valence-corrected chi connectivity index (χ3v) is 2.36. The van der Waals surface area contributed by atoms with Crippen molar-refractivity contribution in [3.8, 4) is 0 Å². The Hall–Kier alpha value is -1.95. The molecule has 0 spiro atoms. The number of hydrogen-bond acceptors (Lipinski definition) is 5.